The van der Waals surface area contributed by atoms with Crippen LogP contribution in [0.2, 0.25) is 0 Å². The first-order valence-corrected chi connectivity index (χ1v) is 3.61. The highest BCUT2D eigenvalue weighted by molar-refractivity contribution is 5.75. The zero-order chi connectivity index (χ0) is 9.14. The van der Waals surface area contributed by atoms with Crippen molar-refractivity contribution in [3.05, 3.63) is 48.6 Å². The summed E-state index contributed by atoms with van der Waals surface area (Å²) in [5.74, 6) is 0. The van der Waals surface area contributed by atoms with Gasteiger partial charge >= 0.3 is 0 Å². The van der Waals surface area contributed by atoms with Crippen molar-refractivity contribution in [1.82, 2.24) is 0 Å². The Labute approximate surface area is 72.2 Å². The minimum Gasteiger partial charge on any atom is -0.399 e. The maximum atomic E-state index is 5.56. The van der Waals surface area contributed by atoms with Gasteiger partial charge in [0.05, 0.1) is 0 Å². The van der Waals surface area contributed by atoms with Crippen molar-refractivity contribution < 1.29 is 0 Å². The molecule has 0 aliphatic heterocycles. The summed E-state index contributed by atoms with van der Waals surface area (Å²) in [6, 6.07) is 7.52. The molecule has 0 saturated carbocycles. The number of benzene rings is 1. The molecule has 0 aliphatic rings. The van der Waals surface area contributed by atoms with Crippen LogP contribution >= 0.6 is 0 Å². The molecule has 0 atom stereocenters. The highest BCUT2D eigenvalue weighted by Gasteiger charge is 2.02. The summed E-state index contributed by atoms with van der Waals surface area (Å²) in [5, 5.41) is 0. The normalized spacial score (nSPS) is 9.33. The van der Waals surface area contributed by atoms with E-state index in [-0.39, 0.29) is 0 Å². The molecule has 0 aromatic heterocycles. The van der Waals surface area contributed by atoms with Gasteiger partial charge in [0.2, 0.25) is 0 Å². The van der Waals surface area contributed by atoms with Gasteiger partial charge in [-0.2, -0.15) is 0 Å². The molecule has 4 N–H and O–H groups in total. The summed E-state index contributed by atoms with van der Waals surface area (Å²) in [4.78, 5) is 0. The van der Waals surface area contributed by atoms with Crippen LogP contribution in [0.4, 0.5) is 0 Å². The predicted octanol–water partition coefficient (Wildman–Crippen LogP) is 1.55. The van der Waals surface area contributed by atoms with Crippen molar-refractivity contribution in [2.24, 2.45) is 11.5 Å². The van der Waals surface area contributed by atoms with Crippen molar-refractivity contribution in [2.75, 3.05) is 0 Å². The van der Waals surface area contributed by atoms with Crippen LogP contribution in [-0.2, 0) is 0 Å². The average molecular weight is 160 g/mol. The quantitative estimate of drug-likeness (QED) is 0.689. The highest BCUT2D eigenvalue weighted by Crippen LogP contribution is 2.17. The summed E-state index contributed by atoms with van der Waals surface area (Å²) in [7, 11) is 0. The fraction of sp³-hybridized carbons (Fsp3) is 0. The van der Waals surface area contributed by atoms with Gasteiger partial charge in [-0.15, -0.1) is 0 Å². The lowest BCUT2D eigenvalue weighted by molar-refractivity contribution is 1.45. The predicted molar refractivity (Wildman–Crippen MR) is 52.9 cm³/mol. The van der Waals surface area contributed by atoms with Gasteiger partial charge in [0.25, 0.3) is 0 Å². The molecular weight excluding hydrogens is 148 g/mol. The average Bonchev–Trinajstić information content (AvgIpc) is 2.04. The lowest BCUT2D eigenvalue weighted by atomic mass is 10.0. The van der Waals surface area contributed by atoms with Gasteiger partial charge in [-0.25, -0.2) is 0 Å². The van der Waals surface area contributed by atoms with Crippen molar-refractivity contribution >= 4 is 11.4 Å². The van der Waals surface area contributed by atoms with Crippen LogP contribution in [0.25, 0.3) is 11.4 Å². The minimum absolute atomic E-state index is 0.511. The van der Waals surface area contributed by atoms with Crippen LogP contribution in [0.3, 0.4) is 0 Å². The molecule has 0 unspecified atom stereocenters. The molecule has 0 amide bonds. The molecule has 0 heterocycles. The van der Waals surface area contributed by atoms with Crippen LogP contribution in [0, 0.1) is 0 Å². The standard InChI is InChI=1S/C10H12N2/c1-7(11)9-5-3-4-6-10(9)8(2)12/h3-6H,1-2,11-12H2. The number of rotatable bonds is 2. The van der Waals surface area contributed by atoms with Gasteiger partial charge in [-0.3, -0.25) is 0 Å². The van der Waals surface area contributed by atoms with Gasteiger partial charge in [-0.1, -0.05) is 37.4 Å². The number of hydrogen-bond donors (Lipinski definition) is 2. The maximum Gasteiger partial charge on any atom is 0.0321 e. The molecule has 1 aromatic rings. The summed E-state index contributed by atoms with van der Waals surface area (Å²) in [5.41, 5.74) is 13.8. The second-order valence-electron chi connectivity index (χ2n) is 2.60. The van der Waals surface area contributed by atoms with E-state index in [0.29, 0.717) is 11.4 Å². The lowest BCUT2D eigenvalue weighted by Gasteiger charge is -2.07. The molecule has 12 heavy (non-hydrogen) atoms. The van der Waals surface area contributed by atoms with Crippen molar-refractivity contribution in [3.8, 4) is 0 Å². The van der Waals surface area contributed by atoms with E-state index in [1.807, 2.05) is 24.3 Å². The Hall–Kier alpha value is -1.70. The molecule has 0 spiro atoms. The largest absolute Gasteiger partial charge is 0.399 e. The fourth-order valence-electron chi connectivity index (χ4n) is 1.04. The minimum atomic E-state index is 0.511. The molecule has 1 rings (SSSR count). The smallest absolute Gasteiger partial charge is 0.0321 e. The van der Waals surface area contributed by atoms with Crippen LogP contribution in [0.5, 0.6) is 0 Å². The van der Waals surface area contributed by atoms with Crippen LogP contribution in [0.1, 0.15) is 11.1 Å². The van der Waals surface area contributed by atoms with E-state index in [1.165, 1.54) is 0 Å². The molecule has 62 valence electrons. The fourth-order valence-corrected chi connectivity index (χ4v) is 1.04. The second-order valence-corrected chi connectivity index (χ2v) is 2.60. The van der Waals surface area contributed by atoms with E-state index in [0.717, 1.165) is 11.1 Å². The third-order valence-corrected chi connectivity index (χ3v) is 1.62. The van der Waals surface area contributed by atoms with Gasteiger partial charge < -0.3 is 11.5 Å². The zero-order valence-electron chi connectivity index (χ0n) is 6.88. The Morgan fingerprint density at radius 1 is 0.917 bits per heavy atom. The summed E-state index contributed by atoms with van der Waals surface area (Å²) < 4.78 is 0. The van der Waals surface area contributed by atoms with E-state index in [2.05, 4.69) is 13.2 Å². The molecule has 0 fully saturated rings. The van der Waals surface area contributed by atoms with Crippen molar-refractivity contribution in [2.45, 2.75) is 0 Å². The Balaban J connectivity index is 3.27. The van der Waals surface area contributed by atoms with E-state index in [4.69, 9.17) is 11.5 Å². The first-order chi connectivity index (χ1) is 5.63. The molecule has 0 radical (unpaired) electrons. The first kappa shape index (κ1) is 8.40. The first-order valence-electron chi connectivity index (χ1n) is 3.61. The van der Waals surface area contributed by atoms with E-state index in [1.54, 1.807) is 0 Å². The summed E-state index contributed by atoms with van der Waals surface area (Å²) >= 11 is 0. The monoisotopic (exact) mass is 160 g/mol. The van der Waals surface area contributed by atoms with Gasteiger partial charge in [0.15, 0.2) is 0 Å². The van der Waals surface area contributed by atoms with Crippen molar-refractivity contribution in [1.29, 1.82) is 0 Å². The second kappa shape index (κ2) is 3.13. The SMILES string of the molecule is C=C(N)c1ccccc1C(=C)N. The Bertz CT molecular complexity index is 293. The Morgan fingerprint density at radius 3 is 1.50 bits per heavy atom. The van der Waals surface area contributed by atoms with Crippen LogP contribution < -0.4 is 11.5 Å². The van der Waals surface area contributed by atoms with Crippen molar-refractivity contribution in [3.63, 3.8) is 0 Å². The number of hydrogen-bond acceptors (Lipinski definition) is 2. The Morgan fingerprint density at radius 2 is 1.25 bits per heavy atom. The third-order valence-electron chi connectivity index (χ3n) is 1.62. The maximum absolute atomic E-state index is 5.56. The third kappa shape index (κ3) is 1.48. The topological polar surface area (TPSA) is 52.0 Å². The molecule has 0 saturated heterocycles. The molecular formula is C10H12N2. The number of nitrogens with two attached hydrogens (primary N) is 2. The van der Waals surface area contributed by atoms with E-state index >= 15 is 0 Å². The lowest BCUT2D eigenvalue weighted by Crippen LogP contribution is -2.02. The van der Waals surface area contributed by atoms with E-state index < -0.39 is 0 Å². The summed E-state index contributed by atoms with van der Waals surface area (Å²) in [6.07, 6.45) is 0. The molecule has 0 aliphatic carbocycles. The molecule has 2 nitrogen and oxygen atoms in total. The van der Waals surface area contributed by atoms with Crippen LogP contribution in [-0.4, -0.2) is 0 Å². The van der Waals surface area contributed by atoms with Gasteiger partial charge in [-0.05, 0) is 0 Å². The zero-order valence-corrected chi connectivity index (χ0v) is 6.88. The summed E-state index contributed by atoms with van der Waals surface area (Å²) in [6.45, 7) is 7.30. The Kier molecular flexibility index (Phi) is 2.19. The highest BCUT2D eigenvalue weighted by atomic mass is 14.6. The molecule has 0 bridgehead atoms. The molecule has 2 heteroatoms. The van der Waals surface area contributed by atoms with Gasteiger partial charge in [0, 0.05) is 22.5 Å². The van der Waals surface area contributed by atoms with Gasteiger partial charge in [0.1, 0.15) is 0 Å². The molecule has 1 aromatic carbocycles. The van der Waals surface area contributed by atoms with Crippen LogP contribution in [0.15, 0.2) is 37.4 Å². The van der Waals surface area contributed by atoms with E-state index in [9.17, 15) is 0 Å².